The molecule has 3 rings (SSSR count). The third-order valence-electron chi connectivity index (χ3n) is 3.79. The minimum absolute atomic E-state index is 0.0466. The van der Waals surface area contributed by atoms with Crippen molar-refractivity contribution in [2.45, 2.75) is 26.8 Å². The van der Waals surface area contributed by atoms with E-state index in [0.29, 0.717) is 36.1 Å². The van der Waals surface area contributed by atoms with E-state index in [4.69, 9.17) is 4.52 Å². The molecular formula is C17H18N6O3. The normalized spacial score (nSPS) is 10.7. The molecule has 1 N–H and O–H groups in total. The molecule has 0 unspecified atom stereocenters. The van der Waals surface area contributed by atoms with Crippen LogP contribution in [0.25, 0.3) is 11.4 Å². The molecule has 0 bridgehead atoms. The molecule has 0 atom stereocenters. The number of nitrogens with zero attached hydrogens (tertiary/aromatic N) is 5. The Morgan fingerprint density at radius 2 is 2.15 bits per heavy atom. The summed E-state index contributed by atoms with van der Waals surface area (Å²) in [5, 5.41) is 3.81. The molecule has 0 fully saturated rings. The molecule has 0 aromatic carbocycles. The number of nitrogens with one attached hydrogen (secondary N) is 1. The molecule has 0 aliphatic rings. The molecule has 0 aliphatic heterocycles. The van der Waals surface area contributed by atoms with E-state index in [1.54, 1.807) is 31.5 Å². The van der Waals surface area contributed by atoms with Crippen LogP contribution in [0.2, 0.25) is 0 Å². The zero-order chi connectivity index (χ0) is 18.5. The first kappa shape index (κ1) is 17.5. The van der Waals surface area contributed by atoms with Crippen LogP contribution in [0.3, 0.4) is 0 Å². The monoisotopic (exact) mass is 354 g/mol. The Hall–Kier alpha value is -3.36. The zero-order valence-electron chi connectivity index (χ0n) is 14.5. The number of pyridine rings is 1. The average Bonchev–Trinajstić information content (AvgIpc) is 3.14. The number of rotatable bonds is 6. The standard InChI is InChI=1S/C17H18N6O3/c1-3-13-20-14(26-22-13)10-23(4-2)17(25)12-9-19-15(21-16(12)24)11-6-5-7-18-8-11/h5-9H,3-4,10H2,1-2H3,(H,19,21,24). The van der Waals surface area contributed by atoms with Crippen LogP contribution in [0.5, 0.6) is 0 Å². The largest absolute Gasteiger partial charge is 0.337 e. The lowest BCUT2D eigenvalue weighted by atomic mass is 10.2. The topological polar surface area (TPSA) is 118 Å². The van der Waals surface area contributed by atoms with Crippen LogP contribution in [-0.4, -0.2) is 42.4 Å². The maximum Gasteiger partial charge on any atom is 0.264 e. The molecule has 0 saturated carbocycles. The van der Waals surface area contributed by atoms with Crippen molar-refractivity contribution in [3.63, 3.8) is 0 Å². The van der Waals surface area contributed by atoms with Crippen molar-refractivity contribution in [1.82, 2.24) is 30.0 Å². The summed E-state index contributed by atoms with van der Waals surface area (Å²) in [6, 6.07) is 3.51. The van der Waals surface area contributed by atoms with Gasteiger partial charge in [0.25, 0.3) is 11.5 Å². The molecule has 3 aromatic rings. The summed E-state index contributed by atoms with van der Waals surface area (Å²) < 4.78 is 5.12. The Kier molecular flexibility index (Phi) is 5.16. The van der Waals surface area contributed by atoms with Crippen molar-refractivity contribution >= 4 is 5.91 Å². The van der Waals surface area contributed by atoms with Crippen molar-refractivity contribution in [2.24, 2.45) is 0 Å². The van der Waals surface area contributed by atoms with E-state index in [9.17, 15) is 9.59 Å². The minimum atomic E-state index is -0.512. The van der Waals surface area contributed by atoms with Crippen LogP contribution >= 0.6 is 0 Å². The van der Waals surface area contributed by atoms with E-state index in [2.05, 4.69) is 25.1 Å². The van der Waals surface area contributed by atoms with Crippen LogP contribution in [0, 0.1) is 0 Å². The SMILES string of the molecule is CCc1noc(CN(CC)C(=O)c2cnc(-c3cccnc3)[nH]c2=O)n1. The molecule has 1 amide bonds. The fraction of sp³-hybridized carbons (Fsp3) is 0.294. The summed E-state index contributed by atoms with van der Waals surface area (Å²) in [7, 11) is 0. The summed E-state index contributed by atoms with van der Waals surface area (Å²) in [4.78, 5) is 41.5. The molecule has 26 heavy (non-hydrogen) atoms. The van der Waals surface area contributed by atoms with Gasteiger partial charge in [-0.15, -0.1) is 0 Å². The third-order valence-corrected chi connectivity index (χ3v) is 3.79. The zero-order valence-corrected chi connectivity index (χ0v) is 14.5. The number of hydrogen-bond donors (Lipinski definition) is 1. The van der Waals surface area contributed by atoms with Crippen molar-refractivity contribution in [1.29, 1.82) is 0 Å². The van der Waals surface area contributed by atoms with E-state index in [1.165, 1.54) is 11.1 Å². The maximum absolute atomic E-state index is 12.7. The van der Waals surface area contributed by atoms with E-state index >= 15 is 0 Å². The Labute approximate surface area is 149 Å². The second-order valence-corrected chi connectivity index (χ2v) is 5.49. The van der Waals surface area contributed by atoms with Crippen molar-refractivity contribution < 1.29 is 9.32 Å². The Balaban J connectivity index is 1.82. The predicted octanol–water partition coefficient (Wildman–Crippen LogP) is 1.44. The van der Waals surface area contributed by atoms with Gasteiger partial charge in [-0.1, -0.05) is 12.1 Å². The number of hydrogen-bond acceptors (Lipinski definition) is 7. The molecule has 0 radical (unpaired) electrons. The smallest absolute Gasteiger partial charge is 0.264 e. The lowest BCUT2D eigenvalue weighted by Gasteiger charge is -2.18. The van der Waals surface area contributed by atoms with E-state index < -0.39 is 11.5 Å². The Morgan fingerprint density at radius 3 is 2.77 bits per heavy atom. The molecular weight excluding hydrogens is 336 g/mol. The van der Waals surface area contributed by atoms with Gasteiger partial charge in [0.15, 0.2) is 5.82 Å². The van der Waals surface area contributed by atoms with Crippen LogP contribution in [0.4, 0.5) is 0 Å². The lowest BCUT2D eigenvalue weighted by molar-refractivity contribution is 0.0732. The first-order valence-electron chi connectivity index (χ1n) is 8.22. The second-order valence-electron chi connectivity index (χ2n) is 5.49. The summed E-state index contributed by atoms with van der Waals surface area (Å²) >= 11 is 0. The summed E-state index contributed by atoms with van der Waals surface area (Å²) in [5.41, 5.74) is 0.103. The first-order valence-corrected chi connectivity index (χ1v) is 8.22. The van der Waals surface area contributed by atoms with Gasteiger partial charge in [-0.3, -0.25) is 14.6 Å². The second kappa shape index (κ2) is 7.68. The molecule has 0 aliphatic carbocycles. The summed E-state index contributed by atoms with van der Waals surface area (Å²) in [6.07, 6.45) is 5.12. The summed E-state index contributed by atoms with van der Waals surface area (Å²) in [6.45, 7) is 4.23. The van der Waals surface area contributed by atoms with Crippen LogP contribution in [0.1, 0.15) is 35.9 Å². The molecule has 9 heteroatoms. The fourth-order valence-electron chi connectivity index (χ4n) is 2.36. The highest BCUT2D eigenvalue weighted by molar-refractivity contribution is 5.93. The van der Waals surface area contributed by atoms with Gasteiger partial charge in [0.1, 0.15) is 17.9 Å². The molecule has 3 aromatic heterocycles. The average molecular weight is 354 g/mol. The third kappa shape index (κ3) is 3.66. The number of carbonyl (C=O) groups is 1. The fourth-order valence-corrected chi connectivity index (χ4v) is 2.36. The lowest BCUT2D eigenvalue weighted by Crippen LogP contribution is -2.34. The van der Waals surface area contributed by atoms with Gasteiger partial charge in [0.2, 0.25) is 5.89 Å². The highest BCUT2D eigenvalue weighted by Crippen LogP contribution is 2.11. The van der Waals surface area contributed by atoms with E-state index in [-0.39, 0.29) is 12.1 Å². The van der Waals surface area contributed by atoms with Crippen LogP contribution in [-0.2, 0) is 13.0 Å². The van der Waals surface area contributed by atoms with Gasteiger partial charge < -0.3 is 14.4 Å². The molecule has 0 spiro atoms. The number of amides is 1. The number of aromatic nitrogens is 5. The van der Waals surface area contributed by atoms with Gasteiger partial charge >= 0.3 is 0 Å². The maximum atomic E-state index is 12.7. The van der Waals surface area contributed by atoms with Gasteiger partial charge in [0, 0.05) is 37.1 Å². The van der Waals surface area contributed by atoms with Gasteiger partial charge in [-0.25, -0.2) is 4.98 Å². The van der Waals surface area contributed by atoms with Gasteiger partial charge in [-0.05, 0) is 19.1 Å². The van der Waals surface area contributed by atoms with Crippen molar-refractivity contribution in [3.05, 3.63) is 58.4 Å². The van der Waals surface area contributed by atoms with Crippen LogP contribution < -0.4 is 5.56 Å². The molecule has 9 nitrogen and oxygen atoms in total. The van der Waals surface area contributed by atoms with Gasteiger partial charge in [0.05, 0.1) is 0 Å². The quantitative estimate of drug-likeness (QED) is 0.711. The molecule has 0 saturated heterocycles. The molecule has 3 heterocycles. The highest BCUT2D eigenvalue weighted by Gasteiger charge is 2.21. The number of aromatic amines is 1. The number of carbonyl (C=O) groups excluding carboxylic acids is 1. The number of H-pyrrole nitrogens is 1. The van der Waals surface area contributed by atoms with Crippen LogP contribution in [0.15, 0.2) is 40.0 Å². The Bertz CT molecular complexity index is 950. The van der Waals surface area contributed by atoms with E-state index in [0.717, 1.165) is 0 Å². The Morgan fingerprint density at radius 1 is 1.31 bits per heavy atom. The summed E-state index contributed by atoms with van der Waals surface area (Å²) in [5.74, 6) is 0.805. The number of aryl methyl sites for hydroxylation is 1. The highest BCUT2D eigenvalue weighted by atomic mass is 16.5. The van der Waals surface area contributed by atoms with Crippen molar-refractivity contribution in [3.8, 4) is 11.4 Å². The minimum Gasteiger partial charge on any atom is -0.337 e. The predicted molar refractivity (Wildman–Crippen MR) is 92.2 cm³/mol. The first-order chi connectivity index (χ1) is 12.6. The van der Waals surface area contributed by atoms with Gasteiger partial charge in [-0.2, -0.15) is 4.98 Å². The molecule has 134 valence electrons. The van der Waals surface area contributed by atoms with Crippen molar-refractivity contribution in [2.75, 3.05) is 6.54 Å². The van der Waals surface area contributed by atoms with E-state index in [1.807, 2.05) is 6.92 Å².